The lowest BCUT2D eigenvalue weighted by molar-refractivity contribution is -0.135. The molecule has 0 rings (SSSR count). The molecular formula is C21H34FO4P. The van der Waals surface area contributed by atoms with Crippen molar-refractivity contribution in [2.45, 2.75) is 71.1 Å². The van der Waals surface area contributed by atoms with Gasteiger partial charge in [0, 0.05) is 13.5 Å². The van der Waals surface area contributed by atoms with Crippen LogP contribution < -0.4 is 0 Å². The molecule has 0 heterocycles. The van der Waals surface area contributed by atoms with Gasteiger partial charge in [-0.15, -0.1) is 4.20 Å². The highest BCUT2D eigenvalue weighted by Gasteiger charge is 2.26. The molecule has 154 valence electrons. The van der Waals surface area contributed by atoms with E-state index in [2.05, 4.69) is 52.4 Å². The highest BCUT2D eigenvalue weighted by molar-refractivity contribution is 7.48. The van der Waals surface area contributed by atoms with E-state index >= 15 is 0 Å². The molecule has 4 nitrogen and oxygen atoms in total. The zero-order valence-corrected chi connectivity index (χ0v) is 17.5. The molecule has 0 aromatic rings. The van der Waals surface area contributed by atoms with Gasteiger partial charge in [-0.2, -0.15) is 0 Å². The minimum atomic E-state index is -4.71. The van der Waals surface area contributed by atoms with E-state index in [9.17, 15) is 13.6 Å². The third-order valence-electron chi connectivity index (χ3n) is 3.64. The zero-order valence-electron chi connectivity index (χ0n) is 16.6. The Morgan fingerprint density at radius 2 is 1.33 bits per heavy atom. The first-order valence-corrected chi connectivity index (χ1v) is 11.1. The Bertz CT molecular complexity index is 538. The molecular weight excluding hydrogens is 366 g/mol. The number of carbonyl (C=O) groups excluding carboxylic acids is 1. The second-order valence-corrected chi connectivity index (χ2v) is 7.47. The van der Waals surface area contributed by atoms with Crippen molar-refractivity contribution in [1.82, 2.24) is 0 Å². The minimum Gasteiger partial charge on any atom is -0.367 e. The van der Waals surface area contributed by atoms with Crippen LogP contribution in [0.5, 0.6) is 0 Å². The van der Waals surface area contributed by atoms with Crippen molar-refractivity contribution in [1.29, 1.82) is 0 Å². The first kappa shape index (κ1) is 25.6. The lowest BCUT2D eigenvalue weighted by atomic mass is 10.2. The summed E-state index contributed by atoms with van der Waals surface area (Å²) in [4.78, 5) is 11.2. The smallest absolute Gasteiger partial charge is 0.367 e. The van der Waals surface area contributed by atoms with Gasteiger partial charge in [0.15, 0.2) is 0 Å². The largest absolute Gasteiger partial charge is 0.571 e. The van der Waals surface area contributed by atoms with Crippen molar-refractivity contribution in [3.63, 3.8) is 0 Å². The topological polar surface area (TPSA) is 52.6 Å². The van der Waals surface area contributed by atoms with Gasteiger partial charge >= 0.3 is 13.9 Å². The normalized spacial score (nSPS) is 14.6. The van der Waals surface area contributed by atoms with E-state index in [1.807, 2.05) is 12.2 Å². The molecule has 0 spiro atoms. The van der Waals surface area contributed by atoms with Gasteiger partial charge in [-0.05, 0) is 44.9 Å². The van der Waals surface area contributed by atoms with Gasteiger partial charge < -0.3 is 4.52 Å². The number of unbranched alkanes of at least 4 members (excludes halogenated alkanes) is 4. The van der Waals surface area contributed by atoms with Crippen LogP contribution in [-0.2, 0) is 18.4 Å². The summed E-state index contributed by atoms with van der Waals surface area (Å²) in [6, 6.07) is 0. The molecule has 0 aromatic heterocycles. The molecule has 1 unspecified atom stereocenters. The number of hydrogen-bond donors (Lipinski definition) is 0. The summed E-state index contributed by atoms with van der Waals surface area (Å²) in [6.07, 6.45) is 26.0. The summed E-state index contributed by atoms with van der Waals surface area (Å²) >= 11 is 0. The molecule has 0 bridgehead atoms. The predicted octanol–water partition coefficient (Wildman–Crippen LogP) is 7.40. The molecule has 0 aromatic carbocycles. The summed E-state index contributed by atoms with van der Waals surface area (Å²) in [5.41, 5.74) is 0. The van der Waals surface area contributed by atoms with Crippen molar-refractivity contribution in [3.8, 4) is 0 Å². The number of allylic oxidation sites excluding steroid dienone is 8. The Morgan fingerprint density at radius 3 is 1.81 bits per heavy atom. The van der Waals surface area contributed by atoms with Crippen LogP contribution >= 0.6 is 7.91 Å². The van der Waals surface area contributed by atoms with Crippen LogP contribution in [0, 0.1) is 0 Å². The number of rotatable bonds is 16. The van der Waals surface area contributed by atoms with Crippen molar-refractivity contribution in [2.24, 2.45) is 0 Å². The first-order valence-electron chi connectivity index (χ1n) is 9.69. The first-order chi connectivity index (χ1) is 13.0. The van der Waals surface area contributed by atoms with Gasteiger partial charge in [0.05, 0.1) is 0 Å². The fourth-order valence-electron chi connectivity index (χ4n) is 2.13. The van der Waals surface area contributed by atoms with E-state index in [4.69, 9.17) is 0 Å². The van der Waals surface area contributed by atoms with Crippen molar-refractivity contribution in [3.05, 3.63) is 48.6 Å². The van der Waals surface area contributed by atoms with Crippen LogP contribution in [-0.4, -0.2) is 13.1 Å². The van der Waals surface area contributed by atoms with Crippen molar-refractivity contribution >= 4 is 13.9 Å². The van der Waals surface area contributed by atoms with Gasteiger partial charge in [0.1, 0.15) is 0 Å². The third kappa shape index (κ3) is 19.1. The number of carbonyl (C=O) groups is 1. The van der Waals surface area contributed by atoms with Crippen LogP contribution in [0.4, 0.5) is 4.20 Å². The average Bonchev–Trinajstić information content (AvgIpc) is 2.64. The lowest BCUT2D eigenvalue weighted by Gasteiger charge is -2.05. The molecule has 27 heavy (non-hydrogen) atoms. The average molecular weight is 400 g/mol. The van der Waals surface area contributed by atoms with E-state index in [1.165, 1.54) is 25.7 Å². The maximum atomic E-state index is 12.9. The molecule has 6 heteroatoms. The van der Waals surface area contributed by atoms with Crippen LogP contribution in [0.25, 0.3) is 0 Å². The molecule has 0 fully saturated rings. The molecule has 0 N–H and O–H groups in total. The quantitative estimate of drug-likeness (QED) is 0.154. The second-order valence-electron chi connectivity index (χ2n) is 6.06. The summed E-state index contributed by atoms with van der Waals surface area (Å²) in [5.74, 6) is -0.849. The van der Waals surface area contributed by atoms with E-state index in [0.717, 1.165) is 26.4 Å². The predicted molar refractivity (Wildman–Crippen MR) is 110 cm³/mol. The summed E-state index contributed by atoms with van der Waals surface area (Å²) in [6.45, 7) is 2.22. The van der Waals surface area contributed by atoms with E-state index in [0.29, 0.717) is 12.8 Å². The van der Waals surface area contributed by atoms with Gasteiger partial charge in [-0.3, -0.25) is 9.32 Å². The number of halogens is 1. The summed E-state index contributed by atoms with van der Waals surface area (Å²) in [5, 5.41) is 0. The maximum absolute atomic E-state index is 12.9. The molecule has 0 radical (unpaired) electrons. The Hall–Kier alpha value is -1.45. The summed E-state index contributed by atoms with van der Waals surface area (Å²) in [7, 11) is -3.81. The van der Waals surface area contributed by atoms with Crippen molar-refractivity contribution in [2.75, 3.05) is 7.11 Å². The lowest BCUT2D eigenvalue weighted by Crippen LogP contribution is -2.01. The number of hydrogen-bond acceptors (Lipinski definition) is 4. The highest BCUT2D eigenvalue weighted by atomic mass is 31.2. The Balaban J connectivity index is 3.59. The molecule has 0 aliphatic rings. The monoisotopic (exact) mass is 400 g/mol. The third-order valence-corrected chi connectivity index (χ3v) is 4.50. The Labute approximate surface area is 163 Å². The van der Waals surface area contributed by atoms with Crippen LogP contribution in [0.3, 0.4) is 0 Å². The van der Waals surface area contributed by atoms with E-state index in [-0.39, 0.29) is 6.42 Å². The molecule has 0 saturated heterocycles. The van der Waals surface area contributed by atoms with E-state index in [1.54, 1.807) is 0 Å². The maximum Gasteiger partial charge on any atom is 0.571 e. The standard InChI is InChI=1S/C21H34FO4P/c1-3-4-5-6-7-8-9-10-11-12-13-14-15-16-17-18-19-20-21(23)26-27(22,24)25-2/h7-8,10-11,13-14,16-17H,3-6,9,12,15,18-20H2,1-2H3. The Morgan fingerprint density at radius 1 is 0.852 bits per heavy atom. The van der Waals surface area contributed by atoms with Gasteiger partial charge in [0.25, 0.3) is 0 Å². The van der Waals surface area contributed by atoms with Crippen LogP contribution in [0.2, 0.25) is 0 Å². The fourth-order valence-corrected chi connectivity index (χ4v) is 2.54. The van der Waals surface area contributed by atoms with Gasteiger partial charge in [0.2, 0.25) is 0 Å². The highest BCUT2D eigenvalue weighted by Crippen LogP contribution is 2.49. The van der Waals surface area contributed by atoms with Gasteiger partial charge in [-0.1, -0.05) is 68.4 Å². The molecule has 0 saturated carbocycles. The minimum absolute atomic E-state index is 0.00922. The van der Waals surface area contributed by atoms with Crippen LogP contribution in [0.1, 0.15) is 71.1 Å². The summed E-state index contributed by atoms with van der Waals surface area (Å²) < 4.78 is 31.7. The van der Waals surface area contributed by atoms with E-state index < -0.39 is 13.9 Å². The fraction of sp³-hybridized carbons (Fsp3) is 0.571. The zero-order chi connectivity index (χ0) is 20.2. The van der Waals surface area contributed by atoms with Crippen molar-refractivity contribution < 1.29 is 22.6 Å². The molecule has 0 aliphatic carbocycles. The van der Waals surface area contributed by atoms with Gasteiger partial charge in [-0.25, -0.2) is 4.57 Å². The molecule has 0 amide bonds. The SMILES string of the molecule is CCCCCC=CCC=CCC=CCC=CCCCC(=O)OP(=O)(F)OC. The second kappa shape index (κ2) is 17.9. The van der Waals surface area contributed by atoms with Crippen LogP contribution in [0.15, 0.2) is 48.6 Å². The molecule has 1 atom stereocenters. The molecule has 0 aliphatic heterocycles. The Kier molecular flexibility index (Phi) is 17.0.